The number of aromatic nitrogens is 1. The Morgan fingerprint density at radius 3 is 2.63 bits per heavy atom. The Balaban J connectivity index is 1.40. The van der Waals surface area contributed by atoms with Crippen LogP contribution in [0.25, 0.3) is 11.1 Å². The van der Waals surface area contributed by atoms with Crippen molar-refractivity contribution >= 4 is 23.1 Å². The summed E-state index contributed by atoms with van der Waals surface area (Å²) in [5.74, 6) is 0.313. The van der Waals surface area contributed by atoms with E-state index in [0.29, 0.717) is 43.2 Å². The topological polar surface area (TPSA) is 67.4 Å². The summed E-state index contributed by atoms with van der Waals surface area (Å²) >= 11 is 6.47. The second kappa shape index (κ2) is 12.3. The van der Waals surface area contributed by atoms with Gasteiger partial charge in [-0.3, -0.25) is 0 Å². The Morgan fingerprint density at radius 2 is 1.89 bits per heavy atom. The van der Waals surface area contributed by atoms with Gasteiger partial charge in [0, 0.05) is 70.1 Å². The lowest BCUT2D eigenvalue weighted by atomic mass is 9.91. The normalized spacial score (nSPS) is 22.1. The van der Waals surface area contributed by atoms with E-state index in [2.05, 4.69) is 20.9 Å². The van der Waals surface area contributed by atoms with Crippen LogP contribution in [0.5, 0.6) is 0 Å². The number of benzene rings is 1. The molecule has 35 heavy (non-hydrogen) atoms. The predicted molar refractivity (Wildman–Crippen MR) is 137 cm³/mol. The largest absolute Gasteiger partial charge is 0.383 e. The van der Waals surface area contributed by atoms with Gasteiger partial charge < -0.3 is 25.4 Å². The van der Waals surface area contributed by atoms with Crippen molar-refractivity contribution in [3.63, 3.8) is 0 Å². The van der Waals surface area contributed by atoms with E-state index < -0.39 is 11.5 Å². The molecule has 1 aromatic carbocycles. The molecule has 192 valence electrons. The van der Waals surface area contributed by atoms with Gasteiger partial charge in [0.2, 0.25) is 0 Å². The third kappa shape index (κ3) is 7.26. The third-order valence-corrected chi connectivity index (χ3v) is 7.24. The third-order valence-electron chi connectivity index (χ3n) is 6.94. The number of nitrogens with zero attached hydrogens (tertiary/aromatic N) is 1. The number of ether oxygens (including phenoxy) is 2. The van der Waals surface area contributed by atoms with E-state index in [-0.39, 0.29) is 12.2 Å². The van der Waals surface area contributed by atoms with Crippen LogP contribution < -0.4 is 16.0 Å². The first-order valence-corrected chi connectivity index (χ1v) is 12.8. The Kier molecular flexibility index (Phi) is 9.16. The number of halogens is 3. The maximum absolute atomic E-state index is 14.9. The Bertz CT molecular complexity index is 966. The number of methoxy groups -OCH3 is 1. The number of hydrogen-bond donors (Lipinski definition) is 3. The van der Waals surface area contributed by atoms with E-state index in [4.69, 9.17) is 21.1 Å². The minimum Gasteiger partial charge on any atom is -0.383 e. The molecule has 0 unspecified atom stereocenters. The second-order valence-electron chi connectivity index (χ2n) is 9.50. The van der Waals surface area contributed by atoms with Crippen LogP contribution >= 0.6 is 11.6 Å². The SMILES string of the molecule is COCCNC1CCC(Nc2cc(-c3ccc(F)c(NCC4(F)CCOCC4)c3)c(Cl)cn2)CC1. The average Bonchev–Trinajstić information content (AvgIpc) is 2.86. The van der Waals surface area contributed by atoms with E-state index in [1.54, 1.807) is 25.4 Å². The summed E-state index contributed by atoms with van der Waals surface area (Å²) in [6.45, 7) is 2.40. The van der Waals surface area contributed by atoms with Gasteiger partial charge in [-0.05, 0) is 49.4 Å². The lowest BCUT2D eigenvalue weighted by Crippen LogP contribution is -2.38. The van der Waals surface area contributed by atoms with E-state index in [9.17, 15) is 8.78 Å². The standard InChI is InChI=1S/C26H35ClF2N4O2/c1-34-13-10-30-19-3-5-20(6-4-19)33-25-15-21(22(27)16-31-25)18-2-7-23(28)24(14-18)32-17-26(29)8-11-35-12-9-26/h2,7,14-16,19-20,30,32H,3-6,8-13,17H2,1H3,(H,31,33). The fraction of sp³-hybridized carbons (Fsp3) is 0.577. The summed E-state index contributed by atoms with van der Waals surface area (Å²) in [6.07, 6.45) is 6.51. The zero-order valence-electron chi connectivity index (χ0n) is 20.2. The van der Waals surface area contributed by atoms with Crippen molar-refractivity contribution in [3.8, 4) is 11.1 Å². The van der Waals surface area contributed by atoms with Gasteiger partial charge in [-0.15, -0.1) is 0 Å². The number of pyridine rings is 1. The molecular formula is C26H35ClF2N4O2. The van der Waals surface area contributed by atoms with Crippen molar-refractivity contribution in [2.45, 2.75) is 56.3 Å². The molecule has 4 rings (SSSR count). The fourth-order valence-corrected chi connectivity index (χ4v) is 4.96. The lowest BCUT2D eigenvalue weighted by molar-refractivity contribution is -0.00117. The van der Waals surface area contributed by atoms with Gasteiger partial charge in [-0.1, -0.05) is 17.7 Å². The Morgan fingerprint density at radius 1 is 1.14 bits per heavy atom. The van der Waals surface area contributed by atoms with E-state index >= 15 is 0 Å². The van der Waals surface area contributed by atoms with Gasteiger partial charge in [0.25, 0.3) is 0 Å². The van der Waals surface area contributed by atoms with Crippen LogP contribution in [0.15, 0.2) is 30.5 Å². The van der Waals surface area contributed by atoms with Gasteiger partial charge >= 0.3 is 0 Å². The number of rotatable bonds is 10. The summed E-state index contributed by atoms with van der Waals surface area (Å²) in [7, 11) is 1.71. The first kappa shape index (κ1) is 26.1. The molecular weight excluding hydrogens is 474 g/mol. The van der Waals surface area contributed by atoms with Crippen molar-refractivity contribution in [1.82, 2.24) is 10.3 Å². The van der Waals surface area contributed by atoms with Crippen molar-refractivity contribution in [2.75, 3.05) is 50.7 Å². The molecule has 0 bridgehead atoms. The lowest BCUT2D eigenvalue weighted by Gasteiger charge is -2.30. The van der Waals surface area contributed by atoms with Crippen LogP contribution in [0.2, 0.25) is 5.02 Å². The van der Waals surface area contributed by atoms with Crippen LogP contribution in [0, 0.1) is 5.82 Å². The Hall–Kier alpha value is -2.00. The maximum Gasteiger partial charge on any atom is 0.146 e. The molecule has 3 N–H and O–H groups in total. The van der Waals surface area contributed by atoms with E-state index in [0.717, 1.165) is 55.8 Å². The molecule has 1 aromatic heterocycles. The summed E-state index contributed by atoms with van der Waals surface area (Å²) < 4.78 is 39.8. The highest BCUT2D eigenvalue weighted by molar-refractivity contribution is 6.33. The molecule has 2 aromatic rings. The summed E-state index contributed by atoms with van der Waals surface area (Å²) in [5.41, 5.74) is 0.357. The second-order valence-corrected chi connectivity index (χ2v) is 9.91. The summed E-state index contributed by atoms with van der Waals surface area (Å²) in [4.78, 5) is 4.46. The Labute approximate surface area is 211 Å². The molecule has 6 nitrogen and oxygen atoms in total. The first-order chi connectivity index (χ1) is 17.0. The molecule has 1 saturated carbocycles. The van der Waals surface area contributed by atoms with Crippen molar-refractivity contribution in [3.05, 3.63) is 41.3 Å². The molecule has 2 heterocycles. The van der Waals surface area contributed by atoms with Crippen molar-refractivity contribution in [2.24, 2.45) is 0 Å². The molecule has 2 aliphatic rings. The zero-order valence-corrected chi connectivity index (χ0v) is 21.0. The number of hydrogen-bond acceptors (Lipinski definition) is 6. The molecule has 0 amide bonds. The van der Waals surface area contributed by atoms with Crippen LogP contribution in [0.1, 0.15) is 38.5 Å². The van der Waals surface area contributed by atoms with Crippen LogP contribution in [0.4, 0.5) is 20.3 Å². The molecule has 1 aliphatic carbocycles. The number of nitrogens with one attached hydrogen (secondary N) is 3. The highest BCUT2D eigenvalue weighted by atomic mass is 35.5. The van der Waals surface area contributed by atoms with Gasteiger partial charge in [-0.25, -0.2) is 13.8 Å². The van der Waals surface area contributed by atoms with Gasteiger partial charge in [0.1, 0.15) is 17.3 Å². The van der Waals surface area contributed by atoms with Crippen molar-refractivity contribution < 1.29 is 18.3 Å². The maximum atomic E-state index is 14.9. The summed E-state index contributed by atoms with van der Waals surface area (Å²) in [6, 6.07) is 7.50. The fourth-order valence-electron chi connectivity index (χ4n) is 4.75. The molecule has 1 saturated heterocycles. The molecule has 0 radical (unpaired) electrons. The van der Waals surface area contributed by atoms with E-state index in [1.165, 1.54) is 6.07 Å². The zero-order chi connectivity index (χ0) is 24.7. The van der Waals surface area contributed by atoms with Gasteiger partial charge in [0.15, 0.2) is 0 Å². The first-order valence-electron chi connectivity index (χ1n) is 12.4. The monoisotopic (exact) mass is 508 g/mol. The molecule has 1 aliphatic heterocycles. The quantitative estimate of drug-likeness (QED) is 0.372. The predicted octanol–water partition coefficient (Wildman–Crippen LogP) is 5.43. The average molecular weight is 509 g/mol. The minimum absolute atomic E-state index is 0.0383. The number of alkyl halides is 1. The van der Waals surface area contributed by atoms with Crippen molar-refractivity contribution in [1.29, 1.82) is 0 Å². The minimum atomic E-state index is -1.40. The highest BCUT2D eigenvalue weighted by Gasteiger charge is 2.32. The molecule has 2 fully saturated rings. The smallest absolute Gasteiger partial charge is 0.146 e. The van der Waals surface area contributed by atoms with Gasteiger partial charge in [-0.2, -0.15) is 0 Å². The van der Waals surface area contributed by atoms with Gasteiger partial charge in [0.05, 0.1) is 17.3 Å². The van der Waals surface area contributed by atoms with Crippen LogP contribution in [0.3, 0.4) is 0 Å². The van der Waals surface area contributed by atoms with Crippen LogP contribution in [-0.2, 0) is 9.47 Å². The van der Waals surface area contributed by atoms with E-state index in [1.807, 2.05) is 6.07 Å². The molecule has 0 atom stereocenters. The van der Waals surface area contributed by atoms with Crippen LogP contribution in [-0.4, -0.2) is 62.8 Å². The molecule has 0 spiro atoms. The number of anilines is 2. The highest BCUT2D eigenvalue weighted by Crippen LogP contribution is 2.33. The molecule has 9 heteroatoms. The summed E-state index contributed by atoms with van der Waals surface area (Å²) in [5, 5.41) is 10.5.